The van der Waals surface area contributed by atoms with Gasteiger partial charge in [-0.05, 0) is 49.9 Å². The van der Waals surface area contributed by atoms with Gasteiger partial charge in [0.1, 0.15) is 6.04 Å². The van der Waals surface area contributed by atoms with Gasteiger partial charge in [0, 0.05) is 23.4 Å². The van der Waals surface area contributed by atoms with Crippen molar-refractivity contribution < 1.29 is 9.59 Å². The lowest BCUT2D eigenvalue weighted by Gasteiger charge is -2.31. The van der Waals surface area contributed by atoms with E-state index < -0.39 is 6.04 Å². The van der Waals surface area contributed by atoms with Crippen LogP contribution < -0.4 is 5.32 Å². The minimum atomic E-state index is -0.513. The molecule has 172 valence electrons. The van der Waals surface area contributed by atoms with Crippen molar-refractivity contribution in [2.24, 2.45) is 0 Å². The smallest absolute Gasteiger partial charge is 0.242 e. The van der Waals surface area contributed by atoms with Crippen LogP contribution in [-0.2, 0) is 21.9 Å². The highest BCUT2D eigenvalue weighted by Gasteiger charge is 2.28. The second kappa shape index (κ2) is 12.3. The average molecular weight is 473 g/mol. The molecule has 0 unspecified atom stereocenters. The number of carbonyl (C=O) groups is 2. The summed E-state index contributed by atoms with van der Waals surface area (Å²) in [5.41, 5.74) is 3.31. The van der Waals surface area contributed by atoms with Crippen molar-refractivity contribution in [3.05, 3.63) is 70.2 Å². The van der Waals surface area contributed by atoms with E-state index in [1.54, 1.807) is 16.7 Å². The minimum Gasteiger partial charge on any atom is -0.352 e. The van der Waals surface area contributed by atoms with Crippen LogP contribution in [0, 0.1) is 6.92 Å². The topological polar surface area (TPSA) is 49.4 Å². The molecular weight excluding hydrogens is 440 g/mol. The number of hydrogen-bond donors (Lipinski definition) is 1. The maximum atomic E-state index is 13.2. The van der Waals surface area contributed by atoms with E-state index in [-0.39, 0.29) is 17.9 Å². The number of carbonyl (C=O) groups excluding carboxylic acids is 2. The van der Waals surface area contributed by atoms with Crippen molar-refractivity contribution in [3.8, 4) is 0 Å². The predicted octanol–water partition coefficient (Wildman–Crippen LogP) is 5.75. The first-order valence-corrected chi connectivity index (χ1v) is 12.9. The molecule has 1 aliphatic carbocycles. The molecule has 4 nitrogen and oxygen atoms in total. The molecule has 1 atom stereocenters. The van der Waals surface area contributed by atoms with Gasteiger partial charge in [-0.3, -0.25) is 9.59 Å². The molecule has 2 aromatic rings. The van der Waals surface area contributed by atoms with Crippen molar-refractivity contribution in [1.29, 1.82) is 0 Å². The zero-order valence-electron chi connectivity index (χ0n) is 19.0. The highest BCUT2D eigenvalue weighted by atomic mass is 35.5. The van der Waals surface area contributed by atoms with Crippen LogP contribution >= 0.6 is 23.4 Å². The Morgan fingerprint density at radius 1 is 1.09 bits per heavy atom. The quantitative estimate of drug-likeness (QED) is 0.505. The number of nitrogens with one attached hydrogen (secondary N) is 1. The number of benzene rings is 2. The molecule has 2 amide bonds. The van der Waals surface area contributed by atoms with E-state index in [2.05, 4.69) is 11.4 Å². The van der Waals surface area contributed by atoms with Crippen LogP contribution in [0.15, 0.2) is 48.5 Å². The van der Waals surface area contributed by atoms with Crippen LogP contribution in [0.3, 0.4) is 0 Å². The Morgan fingerprint density at radius 2 is 1.81 bits per heavy atom. The molecule has 0 spiro atoms. The number of nitrogens with zero attached hydrogens (tertiary/aromatic N) is 1. The largest absolute Gasteiger partial charge is 0.352 e. The molecule has 0 aromatic heterocycles. The maximum Gasteiger partial charge on any atom is 0.242 e. The van der Waals surface area contributed by atoms with Crippen LogP contribution in [0.2, 0.25) is 5.02 Å². The number of aryl methyl sites for hydroxylation is 1. The van der Waals surface area contributed by atoms with Crippen molar-refractivity contribution in [2.45, 2.75) is 70.3 Å². The van der Waals surface area contributed by atoms with Crippen LogP contribution in [0.5, 0.6) is 0 Å². The molecule has 2 aromatic carbocycles. The first-order valence-electron chi connectivity index (χ1n) is 11.4. The van der Waals surface area contributed by atoms with E-state index in [1.165, 1.54) is 6.42 Å². The Hall–Kier alpha value is -1.98. The monoisotopic (exact) mass is 472 g/mol. The molecule has 1 saturated carbocycles. The van der Waals surface area contributed by atoms with Crippen LogP contribution in [0.25, 0.3) is 0 Å². The fourth-order valence-electron chi connectivity index (χ4n) is 4.08. The fraction of sp³-hybridized carbons (Fsp3) is 0.462. The van der Waals surface area contributed by atoms with E-state index in [1.807, 2.05) is 56.3 Å². The molecule has 1 aliphatic rings. The third-order valence-electron chi connectivity index (χ3n) is 5.96. The third kappa shape index (κ3) is 7.56. The molecule has 0 saturated heterocycles. The van der Waals surface area contributed by atoms with Crippen molar-refractivity contribution in [1.82, 2.24) is 10.2 Å². The van der Waals surface area contributed by atoms with Gasteiger partial charge in [-0.15, -0.1) is 11.8 Å². The summed E-state index contributed by atoms with van der Waals surface area (Å²) >= 11 is 7.52. The molecule has 32 heavy (non-hydrogen) atoms. The number of halogens is 1. The molecule has 0 radical (unpaired) electrons. The fourth-order valence-corrected chi connectivity index (χ4v) is 5.07. The lowest BCUT2D eigenvalue weighted by Crippen LogP contribution is -2.50. The second-order valence-corrected chi connectivity index (χ2v) is 10.1. The Balaban J connectivity index is 1.64. The molecule has 0 heterocycles. The summed E-state index contributed by atoms with van der Waals surface area (Å²) in [5.74, 6) is 0.983. The summed E-state index contributed by atoms with van der Waals surface area (Å²) in [6, 6.07) is 15.5. The highest BCUT2D eigenvalue weighted by molar-refractivity contribution is 7.99. The lowest BCUT2D eigenvalue weighted by molar-refractivity contribution is -0.139. The lowest BCUT2D eigenvalue weighted by atomic mass is 9.95. The normalized spacial score (nSPS) is 15.2. The van der Waals surface area contributed by atoms with E-state index >= 15 is 0 Å². The zero-order valence-corrected chi connectivity index (χ0v) is 20.6. The van der Waals surface area contributed by atoms with E-state index in [4.69, 9.17) is 11.6 Å². The van der Waals surface area contributed by atoms with Gasteiger partial charge in [0.25, 0.3) is 0 Å². The van der Waals surface area contributed by atoms with Gasteiger partial charge >= 0.3 is 0 Å². The summed E-state index contributed by atoms with van der Waals surface area (Å²) in [7, 11) is 0. The second-order valence-electron chi connectivity index (χ2n) is 8.65. The minimum absolute atomic E-state index is 0.0169. The molecule has 0 bridgehead atoms. The van der Waals surface area contributed by atoms with Crippen LogP contribution in [0.1, 0.15) is 55.7 Å². The van der Waals surface area contributed by atoms with Crippen molar-refractivity contribution in [3.63, 3.8) is 0 Å². The number of thioether (sulfide) groups is 1. The molecule has 0 aliphatic heterocycles. The average Bonchev–Trinajstić information content (AvgIpc) is 2.79. The number of amides is 2. The highest BCUT2D eigenvalue weighted by Crippen LogP contribution is 2.20. The van der Waals surface area contributed by atoms with Gasteiger partial charge in [0.15, 0.2) is 0 Å². The van der Waals surface area contributed by atoms with E-state index in [0.717, 1.165) is 48.1 Å². The van der Waals surface area contributed by atoms with E-state index in [0.29, 0.717) is 17.3 Å². The van der Waals surface area contributed by atoms with Gasteiger partial charge in [0.2, 0.25) is 11.8 Å². The summed E-state index contributed by atoms with van der Waals surface area (Å²) in [6.45, 7) is 4.31. The predicted molar refractivity (Wildman–Crippen MR) is 134 cm³/mol. The van der Waals surface area contributed by atoms with Crippen molar-refractivity contribution >= 4 is 35.2 Å². The van der Waals surface area contributed by atoms with Crippen LogP contribution in [0.4, 0.5) is 0 Å². The van der Waals surface area contributed by atoms with Gasteiger partial charge < -0.3 is 10.2 Å². The first-order chi connectivity index (χ1) is 15.4. The van der Waals surface area contributed by atoms with E-state index in [9.17, 15) is 9.59 Å². The zero-order chi connectivity index (χ0) is 22.9. The number of rotatable bonds is 9. The summed E-state index contributed by atoms with van der Waals surface area (Å²) in [6.07, 6.45) is 5.62. The van der Waals surface area contributed by atoms with Gasteiger partial charge in [-0.25, -0.2) is 0 Å². The van der Waals surface area contributed by atoms with Gasteiger partial charge in [-0.2, -0.15) is 0 Å². The maximum absolute atomic E-state index is 13.2. The van der Waals surface area contributed by atoms with Gasteiger partial charge in [0.05, 0.1) is 5.75 Å². The standard InChI is InChI=1S/C26H33ClN2O2S/c1-19-7-6-8-22(15-19)16-29(20(2)26(31)28-24-9-4-3-5-10-24)25(30)18-32-17-21-11-13-23(27)14-12-21/h6-8,11-15,20,24H,3-5,9-10,16-18H2,1-2H3,(H,28,31)/t20-/m0/s1. The molecule has 6 heteroatoms. The Kier molecular flexibility index (Phi) is 9.49. The first kappa shape index (κ1) is 24.7. The molecule has 1 fully saturated rings. The van der Waals surface area contributed by atoms with Gasteiger partial charge in [-0.1, -0.05) is 72.8 Å². The molecular formula is C26H33ClN2O2S. The Morgan fingerprint density at radius 3 is 2.50 bits per heavy atom. The Bertz CT molecular complexity index is 897. The number of hydrogen-bond acceptors (Lipinski definition) is 3. The van der Waals surface area contributed by atoms with Crippen LogP contribution in [-0.4, -0.2) is 34.6 Å². The Labute approximate surface area is 201 Å². The molecule has 1 N–H and O–H groups in total. The SMILES string of the molecule is Cc1cccc(CN(C(=O)CSCc2ccc(Cl)cc2)[C@@H](C)C(=O)NC2CCCCC2)c1. The summed E-state index contributed by atoms with van der Waals surface area (Å²) < 4.78 is 0. The summed E-state index contributed by atoms with van der Waals surface area (Å²) in [5, 5.41) is 3.89. The van der Waals surface area contributed by atoms with Crippen molar-refractivity contribution in [2.75, 3.05) is 5.75 Å². The third-order valence-corrected chi connectivity index (χ3v) is 7.20. The summed E-state index contributed by atoms with van der Waals surface area (Å²) in [4.78, 5) is 28.0. The molecule has 3 rings (SSSR count).